The minimum atomic E-state index is 0.903. The van der Waals surface area contributed by atoms with Gasteiger partial charge in [0, 0.05) is 0 Å². The fourth-order valence-corrected chi connectivity index (χ4v) is 4.71. The van der Waals surface area contributed by atoms with Crippen molar-refractivity contribution in [3.05, 3.63) is 12.2 Å². The van der Waals surface area contributed by atoms with Gasteiger partial charge in [0.25, 0.3) is 0 Å². The molecule has 2 fully saturated rings. The van der Waals surface area contributed by atoms with Gasteiger partial charge in [0.05, 0.1) is 0 Å². The first-order valence-corrected chi connectivity index (χ1v) is 9.01. The van der Waals surface area contributed by atoms with E-state index in [0.717, 1.165) is 23.7 Å². The molecule has 0 aromatic carbocycles. The van der Waals surface area contributed by atoms with Crippen molar-refractivity contribution in [2.24, 2.45) is 23.7 Å². The van der Waals surface area contributed by atoms with Crippen molar-refractivity contribution in [1.29, 1.82) is 0 Å². The van der Waals surface area contributed by atoms with E-state index in [1.807, 2.05) is 0 Å². The maximum atomic E-state index is 2.50. The molecular weight excluding hydrogens is 228 g/mol. The lowest BCUT2D eigenvalue weighted by Gasteiger charge is -2.38. The molecule has 0 saturated heterocycles. The Labute approximate surface area is 121 Å². The van der Waals surface area contributed by atoms with E-state index >= 15 is 0 Å². The van der Waals surface area contributed by atoms with Crippen molar-refractivity contribution in [3.8, 4) is 0 Å². The van der Waals surface area contributed by atoms with Gasteiger partial charge in [-0.1, -0.05) is 64.5 Å². The minimum absolute atomic E-state index is 0.903. The first-order chi connectivity index (χ1) is 9.35. The highest BCUT2D eigenvalue weighted by molar-refractivity contribution is 4.92. The maximum Gasteiger partial charge on any atom is -0.0233 e. The lowest BCUT2D eigenvalue weighted by molar-refractivity contribution is 0.130. The van der Waals surface area contributed by atoms with Crippen molar-refractivity contribution in [2.75, 3.05) is 0 Å². The van der Waals surface area contributed by atoms with Crippen LogP contribution in [0.1, 0.15) is 84.5 Å². The summed E-state index contributed by atoms with van der Waals surface area (Å²) in [5.41, 5.74) is 0. The van der Waals surface area contributed by atoms with Crippen molar-refractivity contribution in [1.82, 2.24) is 0 Å². The summed E-state index contributed by atoms with van der Waals surface area (Å²) in [6.07, 6.45) is 21.1. The average molecular weight is 262 g/mol. The monoisotopic (exact) mass is 262 g/mol. The fraction of sp³-hybridized carbons (Fsp3) is 0.895. The van der Waals surface area contributed by atoms with Crippen molar-refractivity contribution in [2.45, 2.75) is 84.5 Å². The second-order valence-electron chi connectivity index (χ2n) is 6.98. The zero-order chi connectivity index (χ0) is 13.5. The molecule has 1 atom stereocenters. The standard InChI is InChI=1S/C19H34/c1-3-5-9-16-12-14-18(15-13-16)19(4-2)17-10-7-6-8-11-17/h5,9,16-19H,3-4,6-8,10-15H2,1-2H3/b9-5+/t16-,18-,19?. The van der Waals surface area contributed by atoms with Crippen LogP contribution in [0.15, 0.2) is 12.2 Å². The van der Waals surface area contributed by atoms with Crippen LogP contribution in [0, 0.1) is 23.7 Å². The second-order valence-corrected chi connectivity index (χ2v) is 6.98. The Hall–Kier alpha value is -0.260. The number of hydrogen-bond acceptors (Lipinski definition) is 0. The number of rotatable bonds is 5. The molecule has 2 aliphatic carbocycles. The third kappa shape index (κ3) is 4.36. The lowest BCUT2D eigenvalue weighted by atomic mass is 9.67. The van der Waals surface area contributed by atoms with Gasteiger partial charge in [-0.2, -0.15) is 0 Å². The van der Waals surface area contributed by atoms with E-state index in [0.29, 0.717) is 0 Å². The highest BCUT2D eigenvalue weighted by Crippen LogP contribution is 2.42. The summed E-state index contributed by atoms with van der Waals surface area (Å²) in [7, 11) is 0. The average Bonchev–Trinajstić information content (AvgIpc) is 2.48. The zero-order valence-electron chi connectivity index (χ0n) is 13.2. The van der Waals surface area contributed by atoms with Gasteiger partial charge in [0.15, 0.2) is 0 Å². The summed E-state index contributed by atoms with van der Waals surface area (Å²) in [6, 6.07) is 0. The Kier molecular flexibility index (Phi) is 6.47. The summed E-state index contributed by atoms with van der Waals surface area (Å²) in [5.74, 6) is 4.09. The normalized spacial score (nSPS) is 31.7. The molecule has 0 heterocycles. The van der Waals surface area contributed by atoms with Gasteiger partial charge in [-0.05, 0) is 55.8 Å². The summed E-state index contributed by atoms with van der Waals surface area (Å²) in [5, 5.41) is 0. The van der Waals surface area contributed by atoms with Crippen molar-refractivity contribution in [3.63, 3.8) is 0 Å². The predicted molar refractivity (Wildman–Crippen MR) is 85.2 cm³/mol. The quantitative estimate of drug-likeness (QED) is 0.505. The fourth-order valence-electron chi connectivity index (χ4n) is 4.71. The molecule has 0 amide bonds. The summed E-state index contributed by atoms with van der Waals surface area (Å²) < 4.78 is 0. The van der Waals surface area contributed by atoms with Gasteiger partial charge < -0.3 is 0 Å². The van der Waals surface area contributed by atoms with E-state index in [1.165, 1.54) is 70.6 Å². The molecule has 0 N–H and O–H groups in total. The van der Waals surface area contributed by atoms with Crippen LogP contribution in [-0.2, 0) is 0 Å². The number of allylic oxidation sites excluding steroid dienone is 2. The van der Waals surface area contributed by atoms with Crippen LogP contribution in [0.5, 0.6) is 0 Å². The SMILES string of the molecule is CC/C=C/[C@H]1CC[C@H](C(CC)C2CCCCC2)CC1. The topological polar surface area (TPSA) is 0 Å². The summed E-state index contributed by atoms with van der Waals surface area (Å²) >= 11 is 0. The molecule has 0 bridgehead atoms. The van der Waals surface area contributed by atoms with Crippen LogP contribution >= 0.6 is 0 Å². The van der Waals surface area contributed by atoms with Crippen LogP contribution in [0.25, 0.3) is 0 Å². The van der Waals surface area contributed by atoms with Gasteiger partial charge in [-0.25, -0.2) is 0 Å². The van der Waals surface area contributed by atoms with Gasteiger partial charge in [0.2, 0.25) is 0 Å². The molecule has 0 radical (unpaired) electrons. The van der Waals surface area contributed by atoms with Crippen LogP contribution < -0.4 is 0 Å². The number of hydrogen-bond donors (Lipinski definition) is 0. The lowest BCUT2D eigenvalue weighted by Crippen LogP contribution is -2.28. The van der Waals surface area contributed by atoms with Crippen LogP contribution in [-0.4, -0.2) is 0 Å². The minimum Gasteiger partial charge on any atom is -0.0885 e. The highest BCUT2D eigenvalue weighted by atomic mass is 14.4. The molecule has 2 aliphatic rings. The first kappa shape index (κ1) is 15.1. The first-order valence-electron chi connectivity index (χ1n) is 9.01. The Balaban J connectivity index is 1.82. The zero-order valence-corrected chi connectivity index (χ0v) is 13.2. The third-order valence-electron chi connectivity index (χ3n) is 5.79. The summed E-state index contributed by atoms with van der Waals surface area (Å²) in [6.45, 7) is 4.70. The molecule has 0 aromatic rings. The molecule has 0 nitrogen and oxygen atoms in total. The molecule has 110 valence electrons. The molecule has 0 heteroatoms. The molecule has 2 rings (SSSR count). The smallest absolute Gasteiger partial charge is 0.0233 e. The molecule has 19 heavy (non-hydrogen) atoms. The largest absolute Gasteiger partial charge is 0.0885 e. The van der Waals surface area contributed by atoms with E-state index in [4.69, 9.17) is 0 Å². The van der Waals surface area contributed by atoms with E-state index in [-0.39, 0.29) is 0 Å². The summed E-state index contributed by atoms with van der Waals surface area (Å²) in [4.78, 5) is 0. The molecular formula is C19H34. The Bertz CT molecular complexity index is 251. The highest BCUT2D eigenvalue weighted by Gasteiger charge is 2.31. The molecule has 0 aliphatic heterocycles. The molecule has 2 saturated carbocycles. The molecule has 0 spiro atoms. The molecule has 1 unspecified atom stereocenters. The van der Waals surface area contributed by atoms with E-state index < -0.39 is 0 Å². The van der Waals surface area contributed by atoms with Gasteiger partial charge in [-0.3, -0.25) is 0 Å². The van der Waals surface area contributed by atoms with E-state index in [2.05, 4.69) is 26.0 Å². The third-order valence-corrected chi connectivity index (χ3v) is 5.79. The van der Waals surface area contributed by atoms with Gasteiger partial charge in [0.1, 0.15) is 0 Å². The van der Waals surface area contributed by atoms with E-state index in [1.54, 1.807) is 0 Å². The van der Waals surface area contributed by atoms with Crippen LogP contribution in [0.4, 0.5) is 0 Å². The predicted octanol–water partition coefficient (Wildman–Crippen LogP) is 6.37. The Morgan fingerprint density at radius 1 is 0.842 bits per heavy atom. The van der Waals surface area contributed by atoms with Crippen LogP contribution in [0.2, 0.25) is 0 Å². The molecule has 0 aromatic heterocycles. The second kappa shape index (κ2) is 8.12. The maximum absolute atomic E-state index is 2.50. The van der Waals surface area contributed by atoms with Crippen molar-refractivity contribution < 1.29 is 0 Å². The van der Waals surface area contributed by atoms with Gasteiger partial charge in [-0.15, -0.1) is 0 Å². The van der Waals surface area contributed by atoms with Crippen LogP contribution in [0.3, 0.4) is 0 Å². The van der Waals surface area contributed by atoms with E-state index in [9.17, 15) is 0 Å². The van der Waals surface area contributed by atoms with Gasteiger partial charge >= 0.3 is 0 Å². The Morgan fingerprint density at radius 3 is 2.05 bits per heavy atom. The Morgan fingerprint density at radius 2 is 1.47 bits per heavy atom. The van der Waals surface area contributed by atoms with Crippen molar-refractivity contribution >= 4 is 0 Å².